The molecule has 0 aliphatic carbocycles. The number of amides is 2. The summed E-state index contributed by atoms with van der Waals surface area (Å²) in [6.07, 6.45) is 0. The second kappa shape index (κ2) is 7.19. The standard InChI is InChI=1S/C16H19N3O2/c1-12-4-2-7-15(10-12)21-9-8-18-16(20)19-14-6-3-5-13(17)11-14/h2-7,10-11H,8-9,17H2,1H3,(H2,18,19,20). The van der Waals surface area contributed by atoms with Gasteiger partial charge in [-0.05, 0) is 42.8 Å². The summed E-state index contributed by atoms with van der Waals surface area (Å²) in [6, 6.07) is 14.5. The van der Waals surface area contributed by atoms with Crippen LogP contribution < -0.4 is 21.1 Å². The summed E-state index contributed by atoms with van der Waals surface area (Å²) >= 11 is 0. The van der Waals surface area contributed by atoms with Crippen LogP contribution in [0, 0.1) is 6.92 Å². The number of hydrogen-bond donors (Lipinski definition) is 3. The van der Waals surface area contributed by atoms with Crippen LogP contribution in [0.5, 0.6) is 5.75 Å². The summed E-state index contributed by atoms with van der Waals surface area (Å²) < 4.78 is 5.54. The molecule has 2 amide bonds. The molecule has 2 aromatic rings. The first kappa shape index (κ1) is 14.7. The van der Waals surface area contributed by atoms with Gasteiger partial charge in [0.25, 0.3) is 0 Å². The Labute approximate surface area is 124 Å². The quantitative estimate of drug-likeness (QED) is 0.584. The maximum Gasteiger partial charge on any atom is 0.319 e. The summed E-state index contributed by atoms with van der Waals surface area (Å²) in [5, 5.41) is 5.42. The van der Waals surface area contributed by atoms with Crippen LogP contribution >= 0.6 is 0 Å². The molecular formula is C16H19N3O2. The fraction of sp³-hybridized carbons (Fsp3) is 0.188. The fourth-order valence-electron chi connectivity index (χ4n) is 1.83. The third-order valence-electron chi connectivity index (χ3n) is 2.79. The van der Waals surface area contributed by atoms with Crippen molar-refractivity contribution in [2.24, 2.45) is 0 Å². The number of nitrogens with two attached hydrogens (primary N) is 1. The lowest BCUT2D eigenvalue weighted by Gasteiger charge is -2.09. The smallest absolute Gasteiger partial charge is 0.319 e. The molecule has 0 aliphatic heterocycles. The molecule has 0 aliphatic rings. The van der Waals surface area contributed by atoms with Crippen LogP contribution in [-0.2, 0) is 0 Å². The Morgan fingerprint density at radius 3 is 2.76 bits per heavy atom. The van der Waals surface area contributed by atoms with Crippen molar-refractivity contribution in [2.75, 3.05) is 24.2 Å². The zero-order valence-corrected chi connectivity index (χ0v) is 11.9. The number of carbonyl (C=O) groups is 1. The molecule has 0 unspecified atom stereocenters. The molecule has 5 heteroatoms. The van der Waals surface area contributed by atoms with Crippen molar-refractivity contribution in [2.45, 2.75) is 6.92 Å². The molecule has 0 aromatic heterocycles. The molecule has 0 bridgehead atoms. The van der Waals surface area contributed by atoms with E-state index in [9.17, 15) is 4.79 Å². The van der Waals surface area contributed by atoms with Crippen molar-refractivity contribution in [1.29, 1.82) is 0 Å². The minimum atomic E-state index is -0.284. The Balaban J connectivity index is 1.70. The van der Waals surface area contributed by atoms with Crippen LogP contribution in [0.15, 0.2) is 48.5 Å². The molecule has 0 saturated carbocycles. The lowest BCUT2D eigenvalue weighted by molar-refractivity contribution is 0.247. The molecule has 21 heavy (non-hydrogen) atoms. The number of nitrogens with one attached hydrogen (secondary N) is 2. The second-order valence-corrected chi connectivity index (χ2v) is 4.67. The first-order valence-corrected chi connectivity index (χ1v) is 6.73. The number of ether oxygens (including phenoxy) is 1. The molecule has 5 nitrogen and oxygen atoms in total. The monoisotopic (exact) mass is 285 g/mol. The lowest BCUT2D eigenvalue weighted by atomic mass is 10.2. The van der Waals surface area contributed by atoms with Gasteiger partial charge in [0.2, 0.25) is 0 Å². The Hall–Kier alpha value is -2.69. The highest BCUT2D eigenvalue weighted by Crippen LogP contribution is 2.12. The van der Waals surface area contributed by atoms with Gasteiger partial charge in [-0.2, -0.15) is 0 Å². The minimum Gasteiger partial charge on any atom is -0.492 e. The number of rotatable bonds is 5. The molecule has 2 rings (SSSR count). The van der Waals surface area contributed by atoms with Crippen LogP contribution in [0.2, 0.25) is 0 Å². The van der Waals surface area contributed by atoms with Crippen molar-refractivity contribution >= 4 is 17.4 Å². The molecule has 4 N–H and O–H groups in total. The third-order valence-corrected chi connectivity index (χ3v) is 2.79. The van der Waals surface area contributed by atoms with E-state index in [4.69, 9.17) is 10.5 Å². The van der Waals surface area contributed by atoms with Crippen LogP contribution in [0.1, 0.15) is 5.56 Å². The first-order valence-electron chi connectivity index (χ1n) is 6.73. The average Bonchev–Trinajstić information content (AvgIpc) is 2.44. The zero-order chi connectivity index (χ0) is 15.1. The molecule has 0 fully saturated rings. The van der Waals surface area contributed by atoms with Crippen molar-refractivity contribution < 1.29 is 9.53 Å². The van der Waals surface area contributed by atoms with Gasteiger partial charge in [0, 0.05) is 11.4 Å². The van der Waals surface area contributed by atoms with Crippen molar-refractivity contribution in [1.82, 2.24) is 5.32 Å². The molecule has 2 aromatic carbocycles. The Bertz CT molecular complexity index is 614. The van der Waals surface area contributed by atoms with E-state index >= 15 is 0 Å². The van der Waals surface area contributed by atoms with E-state index in [1.807, 2.05) is 31.2 Å². The maximum atomic E-state index is 11.7. The lowest BCUT2D eigenvalue weighted by Crippen LogP contribution is -2.32. The number of urea groups is 1. The van der Waals surface area contributed by atoms with Gasteiger partial charge in [0.1, 0.15) is 12.4 Å². The summed E-state index contributed by atoms with van der Waals surface area (Å²) in [6.45, 7) is 2.83. The molecule has 0 heterocycles. The van der Waals surface area contributed by atoms with Gasteiger partial charge >= 0.3 is 6.03 Å². The van der Waals surface area contributed by atoms with Gasteiger partial charge in [-0.15, -0.1) is 0 Å². The van der Waals surface area contributed by atoms with E-state index in [1.165, 1.54) is 0 Å². The molecule has 0 spiro atoms. The summed E-state index contributed by atoms with van der Waals surface area (Å²) in [7, 11) is 0. The predicted octanol–water partition coefficient (Wildman–Crippen LogP) is 2.78. The van der Waals surface area contributed by atoms with E-state index < -0.39 is 0 Å². The Morgan fingerprint density at radius 2 is 2.00 bits per heavy atom. The Morgan fingerprint density at radius 1 is 1.19 bits per heavy atom. The van der Waals surface area contributed by atoms with Crippen LogP contribution in [0.4, 0.5) is 16.2 Å². The van der Waals surface area contributed by atoms with Gasteiger partial charge in [0.15, 0.2) is 0 Å². The van der Waals surface area contributed by atoms with Gasteiger partial charge < -0.3 is 21.1 Å². The van der Waals surface area contributed by atoms with Crippen LogP contribution in [-0.4, -0.2) is 19.2 Å². The summed E-state index contributed by atoms with van der Waals surface area (Å²) in [5.41, 5.74) is 8.05. The summed E-state index contributed by atoms with van der Waals surface area (Å²) in [4.78, 5) is 11.7. The largest absolute Gasteiger partial charge is 0.492 e. The normalized spacial score (nSPS) is 9.95. The van der Waals surface area contributed by atoms with E-state index in [2.05, 4.69) is 10.6 Å². The number of aryl methyl sites for hydroxylation is 1. The molecule has 0 atom stereocenters. The highest BCUT2D eigenvalue weighted by Gasteiger charge is 2.01. The highest BCUT2D eigenvalue weighted by molar-refractivity contribution is 5.89. The van der Waals surface area contributed by atoms with Crippen molar-refractivity contribution in [3.63, 3.8) is 0 Å². The number of benzene rings is 2. The second-order valence-electron chi connectivity index (χ2n) is 4.67. The van der Waals surface area contributed by atoms with Gasteiger partial charge in [-0.25, -0.2) is 4.79 Å². The SMILES string of the molecule is Cc1cccc(OCCNC(=O)Nc2cccc(N)c2)c1. The van der Waals surface area contributed by atoms with Crippen LogP contribution in [0.3, 0.4) is 0 Å². The van der Waals surface area contributed by atoms with E-state index in [0.29, 0.717) is 24.5 Å². The minimum absolute atomic E-state index is 0.284. The topological polar surface area (TPSA) is 76.4 Å². The molecule has 110 valence electrons. The summed E-state index contributed by atoms with van der Waals surface area (Å²) in [5.74, 6) is 0.799. The van der Waals surface area contributed by atoms with E-state index in [1.54, 1.807) is 24.3 Å². The number of nitrogen functional groups attached to an aromatic ring is 1. The van der Waals surface area contributed by atoms with Crippen molar-refractivity contribution in [3.05, 3.63) is 54.1 Å². The number of carbonyl (C=O) groups excluding carboxylic acids is 1. The average molecular weight is 285 g/mol. The van der Waals surface area contributed by atoms with Gasteiger partial charge in [-0.1, -0.05) is 18.2 Å². The number of hydrogen-bond acceptors (Lipinski definition) is 3. The first-order chi connectivity index (χ1) is 10.1. The van der Waals surface area contributed by atoms with E-state index in [0.717, 1.165) is 11.3 Å². The fourth-order valence-corrected chi connectivity index (χ4v) is 1.83. The molecule has 0 radical (unpaired) electrons. The highest BCUT2D eigenvalue weighted by atomic mass is 16.5. The van der Waals surface area contributed by atoms with Crippen molar-refractivity contribution in [3.8, 4) is 5.75 Å². The van der Waals surface area contributed by atoms with Crippen LogP contribution in [0.25, 0.3) is 0 Å². The maximum absolute atomic E-state index is 11.7. The third kappa shape index (κ3) is 5.06. The number of anilines is 2. The van der Waals surface area contributed by atoms with Gasteiger partial charge in [0.05, 0.1) is 6.54 Å². The van der Waals surface area contributed by atoms with E-state index in [-0.39, 0.29) is 6.03 Å². The van der Waals surface area contributed by atoms with Gasteiger partial charge in [-0.3, -0.25) is 0 Å². The molecular weight excluding hydrogens is 266 g/mol. The molecule has 0 saturated heterocycles. The predicted molar refractivity (Wildman–Crippen MR) is 84.5 cm³/mol. The zero-order valence-electron chi connectivity index (χ0n) is 11.9. The Kier molecular flexibility index (Phi) is 5.04.